The van der Waals surface area contributed by atoms with E-state index in [0.29, 0.717) is 23.2 Å². The summed E-state index contributed by atoms with van der Waals surface area (Å²) >= 11 is 4.05. The molecule has 1 saturated heterocycles. The first-order chi connectivity index (χ1) is 9.87. The summed E-state index contributed by atoms with van der Waals surface area (Å²) in [5.41, 5.74) is 0. The van der Waals surface area contributed by atoms with E-state index in [1.54, 1.807) is 0 Å². The number of carboxylic acids is 1. The lowest BCUT2D eigenvalue weighted by Crippen LogP contribution is -2.35. The number of rotatable bonds is 6. The van der Waals surface area contributed by atoms with Crippen molar-refractivity contribution in [3.8, 4) is 0 Å². The summed E-state index contributed by atoms with van der Waals surface area (Å²) in [6.45, 7) is 0.471. The van der Waals surface area contributed by atoms with Crippen LogP contribution in [0.4, 0.5) is 0 Å². The standard InChI is InChI=1S/C12H16BrNO5S2/c13-11-10(7-9(20-11)12(16)17)21(18,19)14-5-1-3-8(14)4-2-6-15/h7-8,15H,1-6H2,(H,16,17). The molecule has 0 saturated carbocycles. The molecule has 0 radical (unpaired) electrons. The first kappa shape index (κ1) is 16.9. The quantitative estimate of drug-likeness (QED) is 0.766. The van der Waals surface area contributed by atoms with Crippen LogP contribution in [0.2, 0.25) is 0 Å². The number of sulfonamides is 1. The Morgan fingerprint density at radius 2 is 2.24 bits per heavy atom. The Hall–Kier alpha value is -0.480. The lowest BCUT2D eigenvalue weighted by Gasteiger charge is -2.23. The number of thiophene rings is 1. The molecule has 0 bridgehead atoms. The van der Waals surface area contributed by atoms with Gasteiger partial charge < -0.3 is 10.2 Å². The van der Waals surface area contributed by atoms with Gasteiger partial charge in [-0.15, -0.1) is 11.3 Å². The molecule has 0 aromatic carbocycles. The van der Waals surface area contributed by atoms with Crippen molar-refractivity contribution in [2.45, 2.75) is 36.6 Å². The van der Waals surface area contributed by atoms with Crippen molar-refractivity contribution in [3.63, 3.8) is 0 Å². The van der Waals surface area contributed by atoms with Gasteiger partial charge in [0, 0.05) is 19.2 Å². The van der Waals surface area contributed by atoms with E-state index in [4.69, 9.17) is 10.2 Å². The number of hydrogen-bond acceptors (Lipinski definition) is 5. The number of halogens is 1. The van der Waals surface area contributed by atoms with Crippen LogP contribution in [0.1, 0.15) is 35.4 Å². The fourth-order valence-electron chi connectivity index (χ4n) is 2.50. The molecule has 0 amide bonds. The number of aliphatic hydroxyl groups is 1. The molecule has 1 fully saturated rings. The minimum absolute atomic E-state index is 0.00782. The number of carbonyl (C=O) groups is 1. The molecule has 1 unspecified atom stereocenters. The second kappa shape index (κ2) is 6.74. The minimum atomic E-state index is -3.71. The van der Waals surface area contributed by atoms with Gasteiger partial charge >= 0.3 is 5.97 Å². The van der Waals surface area contributed by atoms with E-state index in [1.807, 2.05) is 0 Å². The van der Waals surface area contributed by atoms with Crippen LogP contribution in [-0.2, 0) is 10.0 Å². The van der Waals surface area contributed by atoms with Crippen molar-refractivity contribution < 1.29 is 23.4 Å². The molecule has 2 N–H and O–H groups in total. The molecule has 1 aliphatic heterocycles. The molecule has 1 atom stereocenters. The van der Waals surface area contributed by atoms with Gasteiger partial charge in [0.2, 0.25) is 10.0 Å². The van der Waals surface area contributed by atoms with Crippen LogP contribution in [0.15, 0.2) is 14.7 Å². The summed E-state index contributed by atoms with van der Waals surface area (Å²) in [6.07, 6.45) is 2.72. The number of carboxylic acid groups (broad SMARTS) is 1. The molecule has 2 heterocycles. The van der Waals surface area contributed by atoms with Crippen LogP contribution in [0.3, 0.4) is 0 Å². The first-order valence-corrected chi connectivity index (χ1v) is 9.58. The fraction of sp³-hybridized carbons (Fsp3) is 0.583. The topological polar surface area (TPSA) is 94.9 Å². The van der Waals surface area contributed by atoms with Gasteiger partial charge in [-0.25, -0.2) is 13.2 Å². The first-order valence-electron chi connectivity index (χ1n) is 6.53. The SMILES string of the molecule is O=C(O)c1cc(S(=O)(=O)N2CCCC2CCCO)c(Br)s1. The highest BCUT2D eigenvalue weighted by Crippen LogP contribution is 2.36. The van der Waals surface area contributed by atoms with Crippen LogP contribution in [0.5, 0.6) is 0 Å². The Balaban J connectivity index is 2.30. The van der Waals surface area contributed by atoms with Crippen LogP contribution in [0, 0.1) is 0 Å². The normalized spacial score (nSPS) is 20.0. The van der Waals surface area contributed by atoms with Crippen molar-refractivity contribution >= 4 is 43.3 Å². The molecule has 118 valence electrons. The molecule has 0 spiro atoms. The summed E-state index contributed by atoms with van der Waals surface area (Å²) in [6, 6.07) is 1.08. The Kier molecular flexibility index (Phi) is 5.42. The Labute approximate surface area is 135 Å². The van der Waals surface area contributed by atoms with Gasteiger partial charge in [0.15, 0.2) is 0 Å². The monoisotopic (exact) mass is 397 g/mol. The van der Waals surface area contributed by atoms with Crippen molar-refractivity contribution in [2.75, 3.05) is 13.2 Å². The second-order valence-electron chi connectivity index (χ2n) is 4.83. The Bertz CT molecular complexity index is 628. The smallest absolute Gasteiger partial charge is 0.345 e. The maximum absolute atomic E-state index is 12.7. The average Bonchev–Trinajstić information content (AvgIpc) is 3.03. The highest BCUT2D eigenvalue weighted by atomic mass is 79.9. The van der Waals surface area contributed by atoms with Crippen molar-refractivity contribution in [1.29, 1.82) is 0 Å². The molecule has 9 heteroatoms. The lowest BCUT2D eigenvalue weighted by molar-refractivity contribution is 0.0702. The molecule has 1 aromatic rings. The molecule has 21 heavy (non-hydrogen) atoms. The van der Waals surface area contributed by atoms with E-state index in [1.165, 1.54) is 10.4 Å². The Morgan fingerprint density at radius 3 is 2.81 bits per heavy atom. The molecule has 0 aliphatic carbocycles. The van der Waals surface area contributed by atoms with Crippen molar-refractivity contribution in [3.05, 3.63) is 14.7 Å². The van der Waals surface area contributed by atoms with Crippen LogP contribution < -0.4 is 0 Å². The third kappa shape index (κ3) is 3.48. The van der Waals surface area contributed by atoms with E-state index in [0.717, 1.165) is 24.2 Å². The highest BCUT2D eigenvalue weighted by molar-refractivity contribution is 9.11. The number of aliphatic hydroxyl groups excluding tert-OH is 1. The third-order valence-corrected chi connectivity index (χ3v) is 7.66. The lowest BCUT2D eigenvalue weighted by atomic mass is 10.1. The van der Waals surface area contributed by atoms with E-state index in [-0.39, 0.29) is 22.4 Å². The van der Waals surface area contributed by atoms with Gasteiger partial charge in [-0.05, 0) is 47.7 Å². The fourth-order valence-corrected chi connectivity index (χ4v) is 6.58. The summed E-state index contributed by atoms with van der Waals surface area (Å²) in [5, 5.41) is 17.9. The van der Waals surface area contributed by atoms with E-state index < -0.39 is 16.0 Å². The summed E-state index contributed by atoms with van der Waals surface area (Å²) in [4.78, 5) is 11.0. The van der Waals surface area contributed by atoms with Gasteiger partial charge in [0.25, 0.3) is 0 Å². The average molecular weight is 398 g/mol. The predicted octanol–water partition coefficient (Wildman–Crippen LogP) is 2.13. The molecule has 6 nitrogen and oxygen atoms in total. The maximum atomic E-state index is 12.7. The third-order valence-electron chi connectivity index (χ3n) is 3.47. The Morgan fingerprint density at radius 1 is 1.52 bits per heavy atom. The highest BCUT2D eigenvalue weighted by Gasteiger charge is 2.37. The molecular formula is C12H16BrNO5S2. The summed E-state index contributed by atoms with van der Waals surface area (Å²) in [7, 11) is -3.71. The minimum Gasteiger partial charge on any atom is -0.477 e. The van der Waals surface area contributed by atoms with Crippen LogP contribution >= 0.6 is 27.3 Å². The van der Waals surface area contributed by atoms with Gasteiger partial charge in [-0.3, -0.25) is 0 Å². The number of aromatic carboxylic acids is 1. The molecule has 2 rings (SSSR count). The summed E-state index contributed by atoms with van der Waals surface area (Å²) in [5.74, 6) is -1.14. The van der Waals surface area contributed by atoms with Crippen molar-refractivity contribution in [2.24, 2.45) is 0 Å². The zero-order chi connectivity index (χ0) is 15.6. The van der Waals surface area contributed by atoms with Crippen molar-refractivity contribution in [1.82, 2.24) is 4.31 Å². The number of nitrogens with zero attached hydrogens (tertiary/aromatic N) is 1. The second-order valence-corrected chi connectivity index (χ2v) is 9.06. The summed E-state index contributed by atoms with van der Waals surface area (Å²) < 4.78 is 27.2. The van der Waals surface area contributed by atoms with Crippen LogP contribution in [0.25, 0.3) is 0 Å². The maximum Gasteiger partial charge on any atom is 0.345 e. The van der Waals surface area contributed by atoms with Crippen LogP contribution in [-0.4, -0.2) is 48.1 Å². The molecular weight excluding hydrogens is 382 g/mol. The predicted molar refractivity (Wildman–Crippen MR) is 82.2 cm³/mol. The van der Waals surface area contributed by atoms with Gasteiger partial charge in [0.1, 0.15) is 9.77 Å². The zero-order valence-corrected chi connectivity index (χ0v) is 14.4. The largest absolute Gasteiger partial charge is 0.477 e. The zero-order valence-electron chi connectivity index (χ0n) is 11.2. The van der Waals surface area contributed by atoms with Gasteiger partial charge in [-0.1, -0.05) is 0 Å². The van der Waals surface area contributed by atoms with Gasteiger partial charge in [0.05, 0.1) is 3.79 Å². The van der Waals surface area contributed by atoms with E-state index >= 15 is 0 Å². The number of hydrogen-bond donors (Lipinski definition) is 2. The van der Waals surface area contributed by atoms with E-state index in [2.05, 4.69) is 15.9 Å². The molecule has 1 aliphatic rings. The van der Waals surface area contributed by atoms with E-state index in [9.17, 15) is 13.2 Å². The molecule has 1 aromatic heterocycles. The van der Waals surface area contributed by atoms with Gasteiger partial charge in [-0.2, -0.15) is 4.31 Å².